The summed E-state index contributed by atoms with van der Waals surface area (Å²) >= 11 is 7.43. The van der Waals surface area contributed by atoms with Crippen LogP contribution in [0.4, 0.5) is 5.69 Å². The number of amides is 1. The van der Waals surface area contributed by atoms with Gasteiger partial charge < -0.3 is 5.32 Å². The van der Waals surface area contributed by atoms with Crippen molar-refractivity contribution < 1.29 is 4.79 Å². The van der Waals surface area contributed by atoms with E-state index < -0.39 is 0 Å². The van der Waals surface area contributed by atoms with Crippen LogP contribution >= 0.6 is 23.4 Å². The van der Waals surface area contributed by atoms with Gasteiger partial charge in [-0.3, -0.25) is 14.3 Å². The van der Waals surface area contributed by atoms with E-state index in [-0.39, 0.29) is 11.2 Å². The standard InChI is InChI=1S/C23H20ClN5OS/c1-15-5-3-4-6-20(15)26-22(30)16(2)31-23-28-27-21(17-11-13-25-14-12-17)29(23)19-9-7-18(24)8-10-19/h3-14,16H,1-2H3,(H,26,30). The molecule has 8 heteroatoms. The molecule has 1 atom stereocenters. The number of hydrogen-bond acceptors (Lipinski definition) is 5. The van der Waals surface area contributed by atoms with Crippen LogP contribution in [-0.4, -0.2) is 30.9 Å². The van der Waals surface area contributed by atoms with Gasteiger partial charge in [-0.25, -0.2) is 0 Å². The number of nitrogens with one attached hydrogen (secondary N) is 1. The number of aromatic nitrogens is 4. The molecule has 0 aliphatic heterocycles. The molecule has 31 heavy (non-hydrogen) atoms. The van der Waals surface area contributed by atoms with Crippen molar-refractivity contribution >= 4 is 35.0 Å². The summed E-state index contributed by atoms with van der Waals surface area (Å²) in [4.78, 5) is 16.9. The normalized spacial score (nSPS) is 11.8. The maximum Gasteiger partial charge on any atom is 0.237 e. The summed E-state index contributed by atoms with van der Waals surface area (Å²) in [5, 5.41) is 12.6. The lowest BCUT2D eigenvalue weighted by atomic mass is 10.2. The van der Waals surface area contributed by atoms with Crippen LogP contribution in [0.3, 0.4) is 0 Å². The topological polar surface area (TPSA) is 72.7 Å². The summed E-state index contributed by atoms with van der Waals surface area (Å²) in [7, 11) is 0. The van der Waals surface area contributed by atoms with Gasteiger partial charge >= 0.3 is 0 Å². The number of nitrogens with zero attached hydrogens (tertiary/aromatic N) is 4. The predicted molar refractivity (Wildman–Crippen MR) is 125 cm³/mol. The van der Waals surface area contributed by atoms with Crippen molar-refractivity contribution in [1.29, 1.82) is 0 Å². The third-order valence-corrected chi connectivity index (χ3v) is 6.01. The second-order valence-electron chi connectivity index (χ2n) is 6.92. The fourth-order valence-corrected chi connectivity index (χ4v) is 4.01. The Labute approximate surface area is 189 Å². The van der Waals surface area contributed by atoms with Crippen LogP contribution in [0.15, 0.2) is 78.2 Å². The first kappa shape index (κ1) is 21.1. The molecule has 2 aromatic heterocycles. The monoisotopic (exact) mass is 449 g/mol. The van der Waals surface area contributed by atoms with Crippen LogP contribution < -0.4 is 5.32 Å². The maximum atomic E-state index is 12.8. The highest BCUT2D eigenvalue weighted by Gasteiger charge is 2.22. The van der Waals surface area contributed by atoms with Gasteiger partial charge in [0.15, 0.2) is 11.0 Å². The van der Waals surface area contributed by atoms with Crippen molar-refractivity contribution in [2.45, 2.75) is 24.3 Å². The molecule has 0 radical (unpaired) electrons. The van der Waals surface area contributed by atoms with E-state index in [0.717, 1.165) is 22.5 Å². The second kappa shape index (κ2) is 9.32. The number of pyridine rings is 1. The molecular formula is C23H20ClN5OS. The fourth-order valence-electron chi connectivity index (χ4n) is 3.02. The van der Waals surface area contributed by atoms with Gasteiger partial charge in [0.05, 0.1) is 5.25 Å². The lowest BCUT2D eigenvalue weighted by molar-refractivity contribution is -0.115. The number of hydrogen-bond donors (Lipinski definition) is 1. The highest BCUT2D eigenvalue weighted by molar-refractivity contribution is 8.00. The van der Waals surface area contributed by atoms with E-state index in [9.17, 15) is 4.79 Å². The van der Waals surface area contributed by atoms with Crippen LogP contribution in [0.25, 0.3) is 17.1 Å². The molecule has 0 aliphatic rings. The van der Waals surface area contributed by atoms with Crippen LogP contribution in [0.2, 0.25) is 5.02 Å². The molecule has 1 unspecified atom stereocenters. The maximum absolute atomic E-state index is 12.8. The minimum atomic E-state index is -0.389. The first-order chi connectivity index (χ1) is 15.0. The zero-order valence-electron chi connectivity index (χ0n) is 17.0. The molecule has 0 spiro atoms. The first-order valence-electron chi connectivity index (χ1n) is 9.68. The fraction of sp³-hybridized carbons (Fsp3) is 0.130. The average molecular weight is 450 g/mol. The Morgan fingerprint density at radius 3 is 2.45 bits per heavy atom. The third kappa shape index (κ3) is 4.78. The Bertz CT molecular complexity index is 1190. The van der Waals surface area contributed by atoms with Gasteiger partial charge in [0.2, 0.25) is 5.91 Å². The van der Waals surface area contributed by atoms with Crippen LogP contribution in [0.1, 0.15) is 12.5 Å². The number of anilines is 1. The smallest absolute Gasteiger partial charge is 0.237 e. The van der Waals surface area contributed by atoms with E-state index in [0.29, 0.717) is 16.0 Å². The quantitative estimate of drug-likeness (QED) is 0.398. The Hall–Kier alpha value is -3.16. The van der Waals surface area contributed by atoms with Crippen LogP contribution in [0, 0.1) is 6.92 Å². The Morgan fingerprint density at radius 2 is 1.74 bits per heavy atom. The number of thioether (sulfide) groups is 1. The lowest BCUT2D eigenvalue weighted by Gasteiger charge is -2.15. The van der Waals surface area contributed by atoms with Gasteiger partial charge in [-0.1, -0.05) is 41.6 Å². The van der Waals surface area contributed by atoms with E-state index in [1.165, 1.54) is 11.8 Å². The number of benzene rings is 2. The number of aryl methyl sites for hydroxylation is 1. The van der Waals surface area contributed by atoms with Crippen molar-refractivity contribution in [3.8, 4) is 17.1 Å². The molecule has 4 rings (SSSR count). The van der Waals surface area contributed by atoms with E-state index in [1.807, 2.05) is 79.1 Å². The minimum absolute atomic E-state index is 0.101. The highest BCUT2D eigenvalue weighted by atomic mass is 35.5. The molecule has 1 amide bonds. The summed E-state index contributed by atoms with van der Waals surface area (Å²) in [5.74, 6) is 0.564. The molecule has 156 valence electrons. The summed E-state index contributed by atoms with van der Waals surface area (Å²) in [6.07, 6.45) is 3.42. The number of carbonyl (C=O) groups excluding carboxylic acids is 1. The molecule has 2 heterocycles. The molecule has 0 saturated heterocycles. The highest BCUT2D eigenvalue weighted by Crippen LogP contribution is 2.31. The zero-order chi connectivity index (χ0) is 21.8. The Kier molecular flexibility index (Phi) is 6.34. The van der Waals surface area contributed by atoms with Crippen molar-refractivity contribution in [3.63, 3.8) is 0 Å². The molecule has 2 aromatic carbocycles. The molecule has 6 nitrogen and oxygen atoms in total. The van der Waals surface area contributed by atoms with Gasteiger partial charge in [-0.2, -0.15) is 0 Å². The molecule has 0 aliphatic carbocycles. The molecule has 0 fully saturated rings. The molecule has 0 bridgehead atoms. The summed E-state index contributed by atoms with van der Waals surface area (Å²) < 4.78 is 1.92. The summed E-state index contributed by atoms with van der Waals surface area (Å²) in [6.45, 7) is 3.82. The summed E-state index contributed by atoms with van der Waals surface area (Å²) in [6, 6.07) is 18.9. The van der Waals surface area contributed by atoms with Gasteiger partial charge in [-0.15, -0.1) is 10.2 Å². The lowest BCUT2D eigenvalue weighted by Crippen LogP contribution is -2.23. The van der Waals surface area contributed by atoms with Gasteiger partial charge in [0, 0.05) is 34.4 Å². The molecule has 1 N–H and O–H groups in total. The largest absolute Gasteiger partial charge is 0.325 e. The van der Waals surface area contributed by atoms with E-state index >= 15 is 0 Å². The number of carbonyl (C=O) groups is 1. The third-order valence-electron chi connectivity index (χ3n) is 4.71. The number of halogens is 1. The number of rotatable bonds is 6. The van der Waals surface area contributed by atoms with Crippen LogP contribution in [-0.2, 0) is 4.79 Å². The first-order valence-corrected chi connectivity index (χ1v) is 10.9. The second-order valence-corrected chi connectivity index (χ2v) is 8.66. The van der Waals surface area contributed by atoms with E-state index in [1.54, 1.807) is 12.4 Å². The molecular weight excluding hydrogens is 430 g/mol. The number of para-hydroxylation sites is 1. The van der Waals surface area contributed by atoms with Crippen molar-refractivity contribution in [3.05, 3.63) is 83.6 Å². The van der Waals surface area contributed by atoms with Gasteiger partial charge in [-0.05, 0) is 61.9 Å². The Morgan fingerprint density at radius 1 is 1.03 bits per heavy atom. The predicted octanol–water partition coefficient (Wildman–Crippen LogP) is 5.41. The van der Waals surface area contributed by atoms with Crippen molar-refractivity contribution in [2.24, 2.45) is 0 Å². The van der Waals surface area contributed by atoms with Crippen molar-refractivity contribution in [2.75, 3.05) is 5.32 Å². The van der Waals surface area contributed by atoms with Crippen molar-refractivity contribution in [1.82, 2.24) is 19.7 Å². The van der Waals surface area contributed by atoms with E-state index in [2.05, 4.69) is 20.5 Å². The molecule has 4 aromatic rings. The van der Waals surface area contributed by atoms with Gasteiger partial charge in [0.1, 0.15) is 0 Å². The Balaban J connectivity index is 1.65. The van der Waals surface area contributed by atoms with E-state index in [4.69, 9.17) is 11.6 Å². The average Bonchev–Trinajstić information content (AvgIpc) is 3.20. The summed E-state index contributed by atoms with van der Waals surface area (Å²) in [5.41, 5.74) is 3.55. The zero-order valence-corrected chi connectivity index (χ0v) is 18.6. The van der Waals surface area contributed by atoms with Gasteiger partial charge in [0.25, 0.3) is 0 Å². The van der Waals surface area contributed by atoms with Crippen LogP contribution in [0.5, 0.6) is 0 Å². The molecule has 0 saturated carbocycles. The minimum Gasteiger partial charge on any atom is -0.325 e. The SMILES string of the molecule is Cc1ccccc1NC(=O)C(C)Sc1nnc(-c2ccncc2)n1-c1ccc(Cl)cc1.